The molecular formula is C11H16ClN3. The number of nitrogens with zero attached hydrogens (tertiary/aromatic N) is 1. The zero-order valence-electron chi connectivity index (χ0n) is 9.05. The van der Waals surface area contributed by atoms with Crippen LogP contribution in [0.25, 0.3) is 0 Å². The van der Waals surface area contributed by atoms with Gasteiger partial charge < -0.3 is 11.1 Å². The van der Waals surface area contributed by atoms with Crippen LogP contribution in [0.15, 0.2) is 23.2 Å². The Kier molecular flexibility index (Phi) is 4.43. The Hall–Kier alpha value is -1.22. The number of guanidine groups is 1. The van der Waals surface area contributed by atoms with E-state index in [-0.39, 0.29) is 0 Å². The van der Waals surface area contributed by atoms with Crippen molar-refractivity contribution in [2.45, 2.75) is 20.3 Å². The van der Waals surface area contributed by atoms with Gasteiger partial charge in [0.05, 0.1) is 0 Å². The molecule has 0 atom stereocenters. The Morgan fingerprint density at radius 2 is 2.27 bits per heavy atom. The first-order valence-corrected chi connectivity index (χ1v) is 5.34. The van der Waals surface area contributed by atoms with Gasteiger partial charge in [-0.25, -0.2) is 0 Å². The summed E-state index contributed by atoms with van der Waals surface area (Å²) >= 11 is 5.98. The molecule has 15 heavy (non-hydrogen) atoms. The second-order valence-corrected chi connectivity index (χ2v) is 3.76. The van der Waals surface area contributed by atoms with Crippen LogP contribution in [0.4, 0.5) is 5.69 Å². The summed E-state index contributed by atoms with van der Waals surface area (Å²) in [6.45, 7) is 4.75. The fourth-order valence-corrected chi connectivity index (χ4v) is 1.27. The van der Waals surface area contributed by atoms with Crippen LogP contribution in [0.1, 0.15) is 18.9 Å². The number of hydrogen-bond acceptors (Lipinski definition) is 1. The average molecular weight is 226 g/mol. The minimum atomic E-state index is 0.428. The van der Waals surface area contributed by atoms with Gasteiger partial charge in [0.1, 0.15) is 0 Å². The van der Waals surface area contributed by atoms with Gasteiger partial charge in [-0.1, -0.05) is 24.6 Å². The van der Waals surface area contributed by atoms with E-state index in [1.54, 1.807) is 0 Å². The van der Waals surface area contributed by atoms with Crippen molar-refractivity contribution in [1.29, 1.82) is 0 Å². The number of nitrogens with one attached hydrogen (secondary N) is 1. The molecule has 1 rings (SSSR count). The first-order valence-electron chi connectivity index (χ1n) is 4.96. The van der Waals surface area contributed by atoms with Gasteiger partial charge >= 0.3 is 0 Å². The van der Waals surface area contributed by atoms with Crippen LogP contribution >= 0.6 is 11.6 Å². The second-order valence-electron chi connectivity index (χ2n) is 3.36. The Morgan fingerprint density at radius 3 is 2.87 bits per heavy atom. The number of rotatable bonds is 3. The molecule has 3 nitrogen and oxygen atoms in total. The van der Waals surface area contributed by atoms with Gasteiger partial charge in [-0.2, -0.15) is 0 Å². The van der Waals surface area contributed by atoms with E-state index in [1.807, 2.05) is 25.1 Å². The Labute approximate surface area is 95.3 Å². The standard InChI is InChI=1S/C11H16ClN3/c1-3-6-14-11(13)15-9-5-4-8(2)10(12)7-9/h4-5,7H,3,6H2,1-2H3,(H3,13,14,15). The fraction of sp³-hybridized carbons (Fsp3) is 0.364. The van der Waals surface area contributed by atoms with Crippen molar-refractivity contribution in [3.05, 3.63) is 28.8 Å². The van der Waals surface area contributed by atoms with Crippen LogP contribution in [0, 0.1) is 6.92 Å². The highest BCUT2D eigenvalue weighted by atomic mass is 35.5. The van der Waals surface area contributed by atoms with Gasteiger partial charge in [0.15, 0.2) is 5.96 Å². The largest absolute Gasteiger partial charge is 0.370 e. The molecular weight excluding hydrogens is 210 g/mol. The van der Waals surface area contributed by atoms with E-state index in [0.717, 1.165) is 29.2 Å². The zero-order valence-corrected chi connectivity index (χ0v) is 9.80. The number of aryl methyl sites for hydroxylation is 1. The molecule has 0 spiro atoms. The van der Waals surface area contributed by atoms with Crippen LogP contribution in [0.2, 0.25) is 5.02 Å². The normalized spacial score (nSPS) is 11.5. The van der Waals surface area contributed by atoms with E-state index >= 15 is 0 Å². The van der Waals surface area contributed by atoms with E-state index in [1.165, 1.54) is 0 Å². The summed E-state index contributed by atoms with van der Waals surface area (Å²) in [4.78, 5) is 4.13. The van der Waals surface area contributed by atoms with Crippen LogP contribution in [-0.4, -0.2) is 12.5 Å². The minimum absolute atomic E-state index is 0.428. The number of benzene rings is 1. The maximum Gasteiger partial charge on any atom is 0.193 e. The van der Waals surface area contributed by atoms with Gasteiger partial charge in [0.2, 0.25) is 0 Å². The van der Waals surface area contributed by atoms with Crippen molar-refractivity contribution < 1.29 is 0 Å². The third-order valence-electron chi connectivity index (χ3n) is 1.95. The van der Waals surface area contributed by atoms with Gasteiger partial charge in [-0.15, -0.1) is 0 Å². The first-order chi connectivity index (χ1) is 7.13. The molecule has 0 aliphatic heterocycles. The van der Waals surface area contributed by atoms with Crippen LogP contribution in [-0.2, 0) is 0 Å². The van der Waals surface area contributed by atoms with Gasteiger partial charge in [0, 0.05) is 17.3 Å². The summed E-state index contributed by atoms with van der Waals surface area (Å²) in [6.07, 6.45) is 0.983. The summed E-state index contributed by atoms with van der Waals surface area (Å²) in [5.74, 6) is 0.428. The number of hydrogen-bond donors (Lipinski definition) is 2. The highest BCUT2D eigenvalue weighted by Gasteiger charge is 1.98. The maximum absolute atomic E-state index is 5.98. The molecule has 0 aliphatic rings. The molecule has 4 heteroatoms. The predicted molar refractivity (Wildman–Crippen MR) is 66.6 cm³/mol. The quantitative estimate of drug-likeness (QED) is 0.614. The number of aliphatic imine (C=N–C) groups is 1. The number of halogens is 1. The smallest absolute Gasteiger partial charge is 0.193 e. The lowest BCUT2D eigenvalue weighted by Gasteiger charge is -2.06. The van der Waals surface area contributed by atoms with Crippen molar-refractivity contribution in [2.24, 2.45) is 10.7 Å². The third-order valence-corrected chi connectivity index (χ3v) is 2.36. The van der Waals surface area contributed by atoms with Crippen molar-refractivity contribution in [3.8, 4) is 0 Å². The van der Waals surface area contributed by atoms with Crippen LogP contribution in [0.3, 0.4) is 0 Å². The predicted octanol–water partition coefficient (Wildman–Crippen LogP) is 2.79. The van der Waals surface area contributed by atoms with Crippen LogP contribution < -0.4 is 11.1 Å². The molecule has 0 saturated heterocycles. The van der Waals surface area contributed by atoms with E-state index in [2.05, 4.69) is 17.2 Å². The molecule has 1 aromatic carbocycles. The molecule has 1 aromatic rings. The summed E-state index contributed by atoms with van der Waals surface area (Å²) in [5, 5.41) is 3.71. The first kappa shape index (κ1) is 11.9. The van der Waals surface area contributed by atoms with Crippen molar-refractivity contribution >= 4 is 23.2 Å². The van der Waals surface area contributed by atoms with Gasteiger partial charge in [0.25, 0.3) is 0 Å². The number of nitrogens with two attached hydrogens (primary N) is 1. The van der Waals surface area contributed by atoms with E-state index in [9.17, 15) is 0 Å². The molecule has 0 fully saturated rings. The highest BCUT2D eigenvalue weighted by Crippen LogP contribution is 2.19. The SMILES string of the molecule is CCCN=C(N)Nc1ccc(C)c(Cl)c1. The van der Waals surface area contributed by atoms with E-state index in [0.29, 0.717) is 5.96 Å². The lowest BCUT2D eigenvalue weighted by atomic mass is 10.2. The van der Waals surface area contributed by atoms with Crippen molar-refractivity contribution in [1.82, 2.24) is 0 Å². The molecule has 0 aromatic heterocycles. The summed E-state index contributed by atoms with van der Waals surface area (Å²) in [6, 6.07) is 5.71. The minimum Gasteiger partial charge on any atom is -0.370 e. The average Bonchev–Trinajstić information content (AvgIpc) is 2.20. The summed E-state index contributed by atoms with van der Waals surface area (Å²) in [5.41, 5.74) is 7.59. The fourth-order valence-electron chi connectivity index (χ4n) is 1.09. The Bertz CT molecular complexity index is 361. The van der Waals surface area contributed by atoms with Gasteiger partial charge in [-0.05, 0) is 31.0 Å². The monoisotopic (exact) mass is 225 g/mol. The summed E-state index contributed by atoms with van der Waals surface area (Å²) in [7, 11) is 0. The number of anilines is 1. The Morgan fingerprint density at radius 1 is 1.53 bits per heavy atom. The molecule has 0 bridgehead atoms. The lowest BCUT2D eigenvalue weighted by molar-refractivity contribution is 0.929. The topological polar surface area (TPSA) is 50.4 Å². The molecule has 0 heterocycles. The molecule has 0 aliphatic carbocycles. The van der Waals surface area contributed by atoms with E-state index in [4.69, 9.17) is 17.3 Å². The maximum atomic E-state index is 5.98. The second kappa shape index (κ2) is 5.61. The van der Waals surface area contributed by atoms with Gasteiger partial charge in [-0.3, -0.25) is 4.99 Å². The van der Waals surface area contributed by atoms with Crippen LogP contribution in [0.5, 0.6) is 0 Å². The lowest BCUT2D eigenvalue weighted by Crippen LogP contribution is -2.22. The third kappa shape index (κ3) is 3.80. The van der Waals surface area contributed by atoms with Crippen molar-refractivity contribution in [3.63, 3.8) is 0 Å². The molecule has 3 N–H and O–H groups in total. The molecule has 0 amide bonds. The van der Waals surface area contributed by atoms with E-state index < -0.39 is 0 Å². The molecule has 0 saturated carbocycles. The molecule has 0 unspecified atom stereocenters. The summed E-state index contributed by atoms with van der Waals surface area (Å²) < 4.78 is 0. The highest BCUT2D eigenvalue weighted by molar-refractivity contribution is 6.31. The Balaban J connectivity index is 2.68. The molecule has 0 radical (unpaired) electrons. The van der Waals surface area contributed by atoms with Crippen molar-refractivity contribution in [2.75, 3.05) is 11.9 Å². The molecule has 82 valence electrons. The zero-order chi connectivity index (χ0) is 11.3.